The van der Waals surface area contributed by atoms with E-state index in [1.807, 2.05) is 0 Å². The molecule has 2 heteroatoms. The first kappa shape index (κ1) is 10.2. The van der Waals surface area contributed by atoms with Crippen LogP contribution in [0.3, 0.4) is 0 Å². The lowest BCUT2D eigenvalue weighted by Gasteiger charge is -2.29. The average molecular weight is 195 g/mol. The maximum Gasteiger partial charge on any atom is 0.0540 e. The fraction of sp³-hybridized carbons (Fsp3) is 0.917. The SMILES string of the molecule is CC1CCC(C2CCC(O)CC2)=NC1. The Hall–Kier alpha value is -0.370. The van der Waals surface area contributed by atoms with Gasteiger partial charge in [0, 0.05) is 12.3 Å². The second-order valence-corrected chi connectivity index (χ2v) is 4.98. The molecule has 2 nitrogen and oxygen atoms in total. The summed E-state index contributed by atoms with van der Waals surface area (Å²) in [6.45, 7) is 3.32. The molecule has 2 aliphatic rings. The van der Waals surface area contributed by atoms with Crippen molar-refractivity contribution in [3.63, 3.8) is 0 Å². The number of rotatable bonds is 1. The molecule has 1 aliphatic heterocycles. The lowest BCUT2D eigenvalue weighted by atomic mass is 9.81. The van der Waals surface area contributed by atoms with Gasteiger partial charge in [-0.2, -0.15) is 0 Å². The molecular weight excluding hydrogens is 174 g/mol. The minimum Gasteiger partial charge on any atom is -0.393 e. The molecule has 80 valence electrons. The van der Waals surface area contributed by atoms with Crippen molar-refractivity contribution in [2.45, 2.75) is 51.6 Å². The van der Waals surface area contributed by atoms with E-state index in [9.17, 15) is 5.11 Å². The van der Waals surface area contributed by atoms with Gasteiger partial charge < -0.3 is 5.11 Å². The smallest absolute Gasteiger partial charge is 0.0540 e. The Bertz CT molecular complexity index is 216. The number of hydrogen-bond donors (Lipinski definition) is 1. The summed E-state index contributed by atoms with van der Waals surface area (Å²) in [7, 11) is 0. The average Bonchev–Trinajstić information content (AvgIpc) is 2.21. The molecule has 0 spiro atoms. The molecule has 1 aliphatic carbocycles. The summed E-state index contributed by atoms with van der Waals surface area (Å²) in [5, 5.41) is 9.43. The highest BCUT2D eigenvalue weighted by atomic mass is 16.3. The Balaban J connectivity index is 1.89. The minimum atomic E-state index is -0.0330. The van der Waals surface area contributed by atoms with E-state index >= 15 is 0 Å². The van der Waals surface area contributed by atoms with E-state index in [2.05, 4.69) is 6.92 Å². The summed E-state index contributed by atoms with van der Waals surface area (Å²) in [4.78, 5) is 4.69. The summed E-state index contributed by atoms with van der Waals surface area (Å²) in [5.41, 5.74) is 1.45. The summed E-state index contributed by atoms with van der Waals surface area (Å²) >= 11 is 0. The van der Waals surface area contributed by atoms with Crippen LogP contribution in [0.2, 0.25) is 0 Å². The number of hydrogen-bond acceptors (Lipinski definition) is 2. The van der Waals surface area contributed by atoms with Crippen molar-refractivity contribution < 1.29 is 5.11 Å². The minimum absolute atomic E-state index is 0.0330. The van der Waals surface area contributed by atoms with Crippen molar-refractivity contribution in [3.05, 3.63) is 0 Å². The second kappa shape index (κ2) is 4.43. The van der Waals surface area contributed by atoms with Crippen LogP contribution in [0.4, 0.5) is 0 Å². The van der Waals surface area contributed by atoms with Crippen LogP contribution in [0.5, 0.6) is 0 Å². The first-order chi connectivity index (χ1) is 6.75. The highest BCUT2D eigenvalue weighted by Gasteiger charge is 2.25. The quantitative estimate of drug-likeness (QED) is 0.684. The Morgan fingerprint density at radius 2 is 1.86 bits per heavy atom. The van der Waals surface area contributed by atoms with Gasteiger partial charge in [-0.25, -0.2) is 0 Å². The summed E-state index contributed by atoms with van der Waals surface area (Å²) < 4.78 is 0. The van der Waals surface area contributed by atoms with Crippen LogP contribution < -0.4 is 0 Å². The van der Waals surface area contributed by atoms with Crippen molar-refractivity contribution in [2.24, 2.45) is 16.8 Å². The molecule has 1 saturated carbocycles. The second-order valence-electron chi connectivity index (χ2n) is 4.98. The summed E-state index contributed by atoms with van der Waals surface area (Å²) in [6.07, 6.45) is 6.79. The molecule has 0 aromatic carbocycles. The van der Waals surface area contributed by atoms with E-state index in [0.717, 1.165) is 38.1 Å². The molecule has 0 saturated heterocycles. The molecule has 1 fully saturated rings. The van der Waals surface area contributed by atoms with Crippen LogP contribution in [-0.2, 0) is 0 Å². The molecule has 0 bridgehead atoms. The normalized spacial score (nSPS) is 39.3. The molecule has 0 radical (unpaired) electrons. The van der Waals surface area contributed by atoms with E-state index < -0.39 is 0 Å². The Labute approximate surface area is 86.4 Å². The van der Waals surface area contributed by atoms with Gasteiger partial charge >= 0.3 is 0 Å². The fourth-order valence-electron chi connectivity index (χ4n) is 2.58. The van der Waals surface area contributed by atoms with Crippen LogP contribution in [0.15, 0.2) is 4.99 Å². The predicted molar refractivity (Wildman–Crippen MR) is 58.7 cm³/mol. The predicted octanol–water partition coefficient (Wildman–Crippen LogP) is 2.41. The zero-order valence-corrected chi connectivity index (χ0v) is 9.08. The van der Waals surface area contributed by atoms with Crippen molar-refractivity contribution in [1.82, 2.24) is 0 Å². The van der Waals surface area contributed by atoms with Gasteiger partial charge in [-0.15, -0.1) is 0 Å². The topological polar surface area (TPSA) is 32.6 Å². The first-order valence-electron chi connectivity index (χ1n) is 5.97. The summed E-state index contributed by atoms with van der Waals surface area (Å²) in [6, 6.07) is 0. The van der Waals surface area contributed by atoms with Gasteiger partial charge in [-0.1, -0.05) is 6.92 Å². The van der Waals surface area contributed by atoms with Gasteiger partial charge in [0.2, 0.25) is 0 Å². The van der Waals surface area contributed by atoms with Crippen LogP contribution in [-0.4, -0.2) is 23.5 Å². The van der Waals surface area contributed by atoms with Crippen molar-refractivity contribution in [3.8, 4) is 0 Å². The zero-order chi connectivity index (χ0) is 9.97. The summed E-state index contributed by atoms with van der Waals surface area (Å²) in [5.74, 6) is 1.49. The lowest BCUT2D eigenvalue weighted by molar-refractivity contribution is 0.120. The molecule has 0 aromatic rings. The first-order valence-corrected chi connectivity index (χ1v) is 5.97. The third kappa shape index (κ3) is 2.35. The Morgan fingerprint density at radius 3 is 2.43 bits per heavy atom. The van der Waals surface area contributed by atoms with E-state index in [0.29, 0.717) is 5.92 Å². The highest BCUT2D eigenvalue weighted by molar-refractivity contribution is 5.87. The molecule has 0 amide bonds. The molecule has 1 unspecified atom stereocenters. The number of aliphatic imine (C=N–C) groups is 1. The highest BCUT2D eigenvalue weighted by Crippen LogP contribution is 2.29. The van der Waals surface area contributed by atoms with Gasteiger partial charge in [0.1, 0.15) is 0 Å². The van der Waals surface area contributed by atoms with Crippen LogP contribution in [0, 0.1) is 11.8 Å². The third-order valence-corrected chi connectivity index (χ3v) is 3.67. The number of aliphatic hydroxyl groups is 1. The Morgan fingerprint density at radius 1 is 1.14 bits per heavy atom. The standard InChI is InChI=1S/C12H21NO/c1-9-2-7-12(13-8-9)10-3-5-11(14)6-4-10/h9-11,14H,2-8H2,1H3. The number of nitrogens with zero attached hydrogens (tertiary/aromatic N) is 1. The van der Waals surface area contributed by atoms with Crippen LogP contribution in [0.1, 0.15) is 45.4 Å². The monoisotopic (exact) mass is 195 g/mol. The molecule has 1 atom stereocenters. The van der Waals surface area contributed by atoms with Crippen molar-refractivity contribution >= 4 is 5.71 Å². The largest absolute Gasteiger partial charge is 0.393 e. The van der Waals surface area contributed by atoms with Gasteiger partial charge in [0.25, 0.3) is 0 Å². The van der Waals surface area contributed by atoms with E-state index in [-0.39, 0.29) is 6.10 Å². The maximum absolute atomic E-state index is 9.43. The number of aliphatic hydroxyl groups excluding tert-OH is 1. The van der Waals surface area contributed by atoms with Gasteiger partial charge in [0.05, 0.1) is 6.10 Å². The molecule has 1 N–H and O–H groups in total. The van der Waals surface area contributed by atoms with Crippen LogP contribution in [0.25, 0.3) is 0 Å². The zero-order valence-electron chi connectivity index (χ0n) is 9.08. The molecule has 14 heavy (non-hydrogen) atoms. The van der Waals surface area contributed by atoms with Crippen molar-refractivity contribution in [2.75, 3.05) is 6.54 Å². The van der Waals surface area contributed by atoms with E-state index in [1.54, 1.807) is 0 Å². The molecule has 2 rings (SSSR count). The molecule has 1 heterocycles. The molecule has 0 aromatic heterocycles. The third-order valence-electron chi connectivity index (χ3n) is 3.67. The van der Waals surface area contributed by atoms with Crippen LogP contribution >= 0.6 is 0 Å². The van der Waals surface area contributed by atoms with E-state index in [1.165, 1.54) is 18.6 Å². The van der Waals surface area contributed by atoms with Gasteiger partial charge in [-0.05, 0) is 50.4 Å². The van der Waals surface area contributed by atoms with Gasteiger partial charge in [0.15, 0.2) is 0 Å². The lowest BCUT2D eigenvalue weighted by Crippen LogP contribution is -2.27. The molecular formula is C12H21NO. The fourth-order valence-corrected chi connectivity index (χ4v) is 2.58. The van der Waals surface area contributed by atoms with Crippen molar-refractivity contribution in [1.29, 1.82) is 0 Å². The Kier molecular flexibility index (Phi) is 3.22. The van der Waals surface area contributed by atoms with E-state index in [4.69, 9.17) is 4.99 Å². The maximum atomic E-state index is 9.43. The van der Waals surface area contributed by atoms with Gasteiger partial charge in [-0.3, -0.25) is 4.99 Å².